The maximum absolute atomic E-state index is 12.7. The molecular weight excluding hydrogens is 418 g/mol. The van der Waals surface area contributed by atoms with Crippen LogP contribution >= 0.6 is 0 Å². The lowest BCUT2D eigenvalue weighted by atomic mass is 10.1. The number of rotatable bonds is 6. The van der Waals surface area contributed by atoms with Crippen LogP contribution in [0, 0.1) is 5.92 Å². The van der Waals surface area contributed by atoms with E-state index in [-0.39, 0.29) is 29.7 Å². The lowest BCUT2D eigenvalue weighted by Gasteiger charge is -2.18. The van der Waals surface area contributed by atoms with Crippen molar-refractivity contribution >= 4 is 33.2 Å². The molecule has 1 N–H and O–H groups in total. The summed E-state index contributed by atoms with van der Waals surface area (Å²) in [5.41, 5.74) is 1.19. The Kier molecular flexibility index (Phi) is 5.97. The highest BCUT2D eigenvalue weighted by atomic mass is 32.2. The fourth-order valence-electron chi connectivity index (χ4n) is 3.94. The number of ether oxygens (including phenoxy) is 1. The molecule has 2 aliphatic rings. The molecule has 2 aromatic rings. The van der Waals surface area contributed by atoms with Gasteiger partial charge >= 0.3 is 0 Å². The SMILES string of the molecule is COc1cccc(N2C[C@H](C(=O)Nc3ccc(S(=O)(=O)N4CCCC4)cc3)CC2=O)c1. The van der Waals surface area contributed by atoms with Crippen LogP contribution in [-0.2, 0) is 19.6 Å². The number of carbonyl (C=O) groups excluding carboxylic acids is 2. The molecule has 0 aliphatic carbocycles. The van der Waals surface area contributed by atoms with Crippen LogP contribution in [0.1, 0.15) is 19.3 Å². The summed E-state index contributed by atoms with van der Waals surface area (Å²) >= 11 is 0. The Morgan fingerprint density at radius 3 is 2.48 bits per heavy atom. The molecule has 2 heterocycles. The number of methoxy groups -OCH3 is 1. The van der Waals surface area contributed by atoms with Crippen LogP contribution in [0.25, 0.3) is 0 Å². The molecule has 0 unspecified atom stereocenters. The minimum Gasteiger partial charge on any atom is -0.497 e. The first-order valence-electron chi connectivity index (χ1n) is 10.2. The zero-order valence-electron chi connectivity index (χ0n) is 17.3. The highest BCUT2D eigenvalue weighted by Crippen LogP contribution is 2.29. The first-order valence-corrected chi connectivity index (χ1v) is 11.7. The molecule has 9 heteroatoms. The summed E-state index contributed by atoms with van der Waals surface area (Å²) in [4.78, 5) is 27.0. The molecule has 0 radical (unpaired) electrons. The number of hydrogen-bond acceptors (Lipinski definition) is 5. The average molecular weight is 444 g/mol. The van der Waals surface area contributed by atoms with E-state index in [1.165, 1.54) is 16.4 Å². The van der Waals surface area contributed by atoms with Crippen LogP contribution in [0.3, 0.4) is 0 Å². The van der Waals surface area contributed by atoms with Crippen LogP contribution in [0.5, 0.6) is 5.75 Å². The van der Waals surface area contributed by atoms with E-state index in [4.69, 9.17) is 4.74 Å². The Labute approximate surface area is 181 Å². The van der Waals surface area contributed by atoms with Crippen LogP contribution in [0.15, 0.2) is 53.4 Å². The molecule has 1 atom stereocenters. The van der Waals surface area contributed by atoms with Crippen molar-refractivity contribution < 1.29 is 22.7 Å². The van der Waals surface area contributed by atoms with Gasteiger partial charge in [-0.1, -0.05) is 6.07 Å². The van der Waals surface area contributed by atoms with Crippen molar-refractivity contribution in [1.29, 1.82) is 0 Å². The largest absolute Gasteiger partial charge is 0.497 e. The number of sulfonamides is 1. The maximum atomic E-state index is 12.7. The predicted octanol–water partition coefficient (Wildman–Crippen LogP) is 2.47. The minimum absolute atomic E-state index is 0.116. The van der Waals surface area contributed by atoms with Crippen LogP contribution < -0.4 is 15.0 Å². The molecule has 31 heavy (non-hydrogen) atoms. The third-order valence-corrected chi connectivity index (χ3v) is 7.60. The number of benzene rings is 2. The number of carbonyl (C=O) groups is 2. The fourth-order valence-corrected chi connectivity index (χ4v) is 5.46. The molecule has 2 saturated heterocycles. The van der Waals surface area contributed by atoms with Crippen molar-refractivity contribution in [2.45, 2.75) is 24.2 Å². The monoisotopic (exact) mass is 443 g/mol. The third kappa shape index (κ3) is 4.42. The van der Waals surface area contributed by atoms with Gasteiger partial charge in [0.05, 0.1) is 17.9 Å². The molecule has 164 valence electrons. The highest BCUT2D eigenvalue weighted by molar-refractivity contribution is 7.89. The first-order chi connectivity index (χ1) is 14.9. The fraction of sp³-hybridized carbons (Fsp3) is 0.364. The van der Waals surface area contributed by atoms with Crippen LogP contribution in [0.4, 0.5) is 11.4 Å². The highest BCUT2D eigenvalue weighted by Gasteiger charge is 2.35. The van der Waals surface area contributed by atoms with Gasteiger partial charge < -0.3 is 15.0 Å². The third-order valence-electron chi connectivity index (χ3n) is 5.69. The number of anilines is 2. The minimum atomic E-state index is -3.49. The molecule has 2 amide bonds. The van der Waals surface area contributed by atoms with Crippen molar-refractivity contribution in [3.05, 3.63) is 48.5 Å². The molecule has 4 rings (SSSR count). The Bertz CT molecular complexity index is 1080. The van der Waals surface area contributed by atoms with E-state index in [1.807, 2.05) is 0 Å². The summed E-state index contributed by atoms with van der Waals surface area (Å²) in [6.07, 6.45) is 1.87. The van der Waals surface area contributed by atoms with E-state index in [0.29, 0.717) is 30.2 Å². The van der Waals surface area contributed by atoms with Crippen molar-refractivity contribution in [3.8, 4) is 5.75 Å². The molecule has 2 aliphatic heterocycles. The zero-order chi connectivity index (χ0) is 22.0. The summed E-state index contributed by atoms with van der Waals surface area (Å²) in [5, 5.41) is 2.80. The zero-order valence-corrected chi connectivity index (χ0v) is 18.1. The number of amides is 2. The van der Waals surface area contributed by atoms with Gasteiger partial charge in [-0.3, -0.25) is 9.59 Å². The average Bonchev–Trinajstić information content (AvgIpc) is 3.45. The topological polar surface area (TPSA) is 96.0 Å². The van der Waals surface area contributed by atoms with Gasteiger partial charge in [0.15, 0.2) is 0 Å². The van der Waals surface area contributed by atoms with Crippen LogP contribution in [-0.4, -0.2) is 51.3 Å². The molecule has 2 fully saturated rings. The van der Waals surface area contributed by atoms with Gasteiger partial charge in [0.1, 0.15) is 5.75 Å². The van der Waals surface area contributed by atoms with Gasteiger partial charge in [0.2, 0.25) is 21.8 Å². The maximum Gasteiger partial charge on any atom is 0.243 e. The summed E-state index contributed by atoms with van der Waals surface area (Å²) in [7, 11) is -1.93. The van der Waals surface area contributed by atoms with Gasteiger partial charge in [-0.2, -0.15) is 4.31 Å². The van der Waals surface area contributed by atoms with Gasteiger partial charge in [-0.05, 0) is 49.2 Å². The quantitative estimate of drug-likeness (QED) is 0.740. The Morgan fingerprint density at radius 2 is 1.81 bits per heavy atom. The molecule has 0 saturated carbocycles. The van der Waals surface area contributed by atoms with Crippen molar-refractivity contribution in [1.82, 2.24) is 4.31 Å². The van der Waals surface area contributed by atoms with Crippen molar-refractivity contribution in [3.63, 3.8) is 0 Å². The van der Waals surface area contributed by atoms with E-state index in [2.05, 4.69) is 5.32 Å². The molecule has 8 nitrogen and oxygen atoms in total. The molecule has 2 aromatic carbocycles. The number of nitrogens with zero attached hydrogens (tertiary/aromatic N) is 2. The Hall–Kier alpha value is -2.91. The summed E-state index contributed by atoms with van der Waals surface area (Å²) in [5.74, 6) is -0.247. The summed E-state index contributed by atoms with van der Waals surface area (Å²) in [6.45, 7) is 1.36. The van der Waals surface area contributed by atoms with Gasteiger partial charge in [0, 0.05) is 43.5 Å². The Morgan fingerprint density at radius 1 is 1.10 bits per heavy atom. The number of nitrogens with one attached hydrogen (secondary N) is 1. The van der Waals surface area contributed by atoms with E-state index < -0.39 is 15.9 Å². The van der Waals surface area contributed by atoms with E-state index in [9.17, 15) is 18.0 Å². The molecule has 0 spiro atoms. The lowest BCUT2D eigenvalue weighted by molar-refractivity contribution is -0.122. The normalized spacial score (nSPS) is 19.6. The van der Waals surface area contributed by atoms with E-state index in [1.54, 1.807) is 48.4 Å². The van der Waals surface area contributed by atoms with E-state index in [0.717, 1.165) is 12.8 Å². The predicted molar refractivity (Wildman–Crippen MR) is 117 cm³/mol. The molecular formula is C22H25N3O5S. The lowest BCUT2D eigenvalue weighted by Crippen LogP contribution is -2.28. The second-order valence-corrected chi connectivity index (χ2v) is 9.67. The smallest absolute Gasteiger partial charge is 0.243 e. The second kappa shape index (κ2) is 8.68. The van der Waals surface area contributed by atoms with Gasteiger partial charge in [-0.15, -0.1) is 0 Å². The van der Waals surface area contributed by atoms with Crippen molar-refractivity contribution in [2.75, 3.05) is 37.0 Å². The molecule has 0 bridgehead atoms. The first kappa shape index (κ1) is 21.3. The summed E-state index contributed by atoms with van der Waals surface area (Å²) in [6, 6.07) is 13.3. The Balaban J connectivity index is 1.41. The number of hydrogen-bond donors (Lipinski definition) is 1. The van der Waals surface area contributed by atoms with Gasteiger partial charge in [0.25, 0.3) is 0 Å². The summed E-state index contributed by atoms with van der Waals surface area (Å²) < 4.78 is 31.9. The molecule has 0 aromatic heterocycles. The standard InChI is InChI=1S/C22H25N3O5S/c1-30-19-6-4-5-18(14-19)25-15-16(13-21(25)26)22(27)23-17-7-9-20(10-8-17)31(28,29)24-11-2-3-12-24/h4-10,14,16H,2-3,11-13,15H2,1H3,(H,23,27)/t16-/m1/s1. The van der Waals surface area contributed by atoms with E-state index >= 15 is 0 Å². The van der Waals surface area contributed by atoms with Gasteiger partial charge in [-0.25, -0.2) is 8.42 Å². The van der Waals surface area contributed by atoms with Crippen LogP contribution in [0.2, 0.25) is 0 Å². The van der Waals surface area contributed by atoms with Crippen molar-refractivity contribution in [2.24, 2.45) is 5.92 Å². The second-order valence-electron chi connectivity index (χ2n) is 7.73.